The van der Waals surface area contributed by atoms with Crippen LogP contribution in [-0.2, 0) is 11.2 Å². The summed E-state index contributed by atoms with van der Waals surface area (Å²) < 4.78 is 16.2. The molecule has 0 saturated carbocycles. The van der Waals surface area contributed by atoms with Crippen molar-refractivity contribution in [1.29, 1.82) is 0 Å². The molecule has 7 nitrogen and oxygen atoms in total. The predicted octanol–water partition coefficient (Wildman–Crippen LogP) is 4.40. The summed E-state index contributed by atoms with van der Waals surface area (Å²) in [7, 11) is 1.48. The molecule has 0 aromatic heterocycles. The molecule has 0 atom stereocenters. The van der Waals surface area contributed by atoms with E-state index in [9.17, 15) is 9.59 Å². The van der Waals surface area contributed by atoms with Crippen LogP contribution in [0.3, 0.4) is 0 Å². The maximum Gasteiger partial charge on any atom is 0.343 e. The Morgan fingerprint density at radius 3 is 2.42 bits per heavy atom. The molecular formula is C26H26N2O5. The van der Waals surface area contributed by atoms with Gasteiger partial charge >= 0.3 is 5.97 Å². The number of carbonyl (C=O) groups is 2. The van der Waals surface area contributed by atoms with Crippen LogP contribution < -0.4 is 19.6 Å². The smallest absolute Gasteiger partial charge is 0.343 e. The Morgan fingerprint density at radius 1 is 0.970 bits per heavy atom. The molecule has 0 saturated heterocycles. The number of hydrazone groups is 1. The maximum atomic E-state index is 12.3. The van der Waals surface area contributed by atoms with E-state index >= 15 is 0 Å². The Bertz CT molecular complexity index is 1100. The minimum absolute atomic E-state index is 0.151. The molecule has 7 heteroatoms. The van der Waals surface area contributed by atoms with Crippen molar-refractivity contribution in [2.75, 3.05) is 13.7 Å². The monoisotopic (exact) mass is 446 g/mol. The maximum absolute atomic E-state index is 12.3. The molecule has 0 aliphatic heterocycles. The van der Waals surface area contributed by atoms with Gasteiger partial charge < -0.3 is 14.2 Å². The van der Waals surface area contributed by atoms with Crippen molar-refractivity contribution in [1.82, 2.24) is 5.43 Å². The van der Waals surface area contributed by atoms with Crippen LogP contribution in [0.5, 0.6) is 17.2 Å². The standard InChI is InChI=1S/C26H26N2O5/c1-3-7-19-10-13-22(14-11-19)32-18-25(29)28-27-17-20-12-15-23(24(16-20)31-2)33-26(30)21-8-5-4-6-9-21/h4-6,8-17H,3,7,18H2,1-2H3,(H,28,29)/b27-17-. The molecule has 0 radical (unpaired) electrons. The van der Waals surface area contributed by atoms with Gasteiger partial charge in [-0.2, -0.15) is 5.10 Å². The normalized spacial score (nSPS) is 10.6. The second-order valence-corrected chi connectivity index (χ2v) is 7.14. The highest BCUT2D eigenvalue weighted by atomic mass is 16.6. The summed E-state index contributed by atoms with van der Waals surface area (Å²) >= 11 is 0. The quantitative estimate of drug-likeness (QED) is 0.216. The van der Waals surface area contributed by atoms with Gasteiger partial charge in [-0.05, 0) is 60.0 Å². The molecule has 33 heavy (non-hydrogen) atoms. The van der Waals surface area contributed by atoms with Gasteiger partial charge in [0, 0.05) is 0 Å². The average Bonchev–Trinajstić information content (AvgIpc) is 2.85. The molecule has 0 aliphatic carbocycles. The number of amides is 1. The SMILES string of the molecule is CCCc1ccc(OCC(=O)N/N=C\c2ccc(OC(=O)c3ccccc3)c(OC)c2)cc1. The number of nitrogens with zero attached hydrogens (tertiary/aromatic N) is 1. The summed E-state index contributed by atoms with van der Waals surface area (Å²) in [5.41, 5.74) is 4.74. The summed E-state index contributed by atoms with van der Waals surface area (Å²) in [6, 6.07) is 21.3. The third-order valence-electron chi connectivity index (χ3n) is 4.63. The first kappa shape index (κ1) is 23.5. The number of hydrogen-bond donors (Lipinski definition) is 1. The molecule has 0 aliphatic rings. The zero-order chi connectivity index (χ0) is 23.5. The first-order chi connectivity index (χ1) is 16.1. The van der Waals surface area contributed by atoms with Crippen molar-refractivity contribution in [3.8, 4) is 17.2 Å². The summed E-state index contributed by atoms with van der Waals surface area (Å²) in [5, 5.41) is 3.94. The van der Waals surface area contributed by atoms with Crippen LogP contribution in [0, 0.1) is 0 Å². The number of aryl methyl sites for hydroxylation is 1. The summed E-state index contributed by atoms with van der Waals surface area (Å²) in [6.07, 6.45) is 3.55. The van der Waals surface area contributed by atoms with Crippen molar-refractivity contribution in [3.05, 3.63) is 89.5 Å². The van der Waals surface area contributed by atoms with Gasteiger partial charge in [0.05, 0.1) is 18.9 Å². The molecule has 1 N–H and O–H groups in total. The number of benzene rings is 3. The lowest BCUT2D eigenvalue weighted by atomic mass is 10.1. The number of methoxy groups -OCH3 is 1. The van der Waals surface area contributed by atoms with Crippen LogP contribution in [-0.4, -0.2) is 31.8 Å². The number of ether oxygens (including phenoxy) is 3. The van der Waals surface area contributed by atoms with E-state index in [1.54, 1.807) is 42.5 Å². The molecule has 0 fully saturated rings. The molecule has 3 aromatic rings. The van der Waals surface area contributed by atoms with Crippen LogP contribution in [0.1, 0.15) is 34.8 Å². The Balaban J connectivity index is 1.51. The minimum atomic E-state index is -0.484. The van der Waals surface area contributed by atoms with E-state index in [1.165, 1.54) is 18.9 Å². The number of carbonyl (C=O) groups excluding carboxylic acids is 2. The fraction of sp³-hybridized carbons (Fsp3) is 0.192. The molecular weight excluding hydrogens is 420 g/mol. The van der Waals surface area contributed by atoms with Gasteiger partial charge in [-0.25, -0.2) is 10.2 Å². The first-order valence-corrected chi connectivity index (χ1v) is 10.6. The Kier molecular flexibility index (Phi) is 8.59. The van der Waals surface area contributed by atoms with Crippen LogP contribution in [0.4, 0.5) is 0 Å². The van der Waals surface area contributed by atoms with Crippen molar-refractivity contribution in [3.63, 3.8) is 0 Å². The zero-order valence-corrected chi connectivity index (χ0v) is 18.6. The second kappa shape index (κ2) is 12.0. The van der Waals surface area contributed by atoms with E-state index in [4.69, 9.17) is 14.2 Å². The highest BCUT2D eigenvalue weighted by molar-refractivity contribution is 5.91. The number of rotatable bonds is 10. The van der Waals surface area contributed by atoms with Crippen LogP contribution >= 0.6 is 0 Å². The molecule has 3 rings (SSSR count). The van der Waals surface area contributed by atoms with Crippen molar-refractivity contribution in [2.45, 2.75) is 19.8 Å². The van der Waals surface area contributed by atoms with Gasteiger partial charge in [-0.3, -0.25) is 4.79 Å². The van der Waals surface area contributed by atoms with Crippen molar-refractivity contribution in [2.24, 2.45) is 5.10 Å². The third kappa shape index (κ3) is 7.21. The predicted molar refractivity (Wildman–Crippen MR) is 126 cm³/mol. The van der Waals surface area contributed by atoms with Gasteiger partial charge in [0.2, 0.25) is 0 Å². The highest BCUT2D eigenvalue weighted by Crippen LogP contribution is 2.28. The number of nitrogens with one attached hydrogen (secondary N) is 1. The minimum Gasteiger partial charge on any atom is -0.493 e. The van der Waals surface area contributed by atoms with E-state index in [-0.39, 0.29) is 18.3 Å². The van der Waals surface area contributed by atoms with Crippen LogP contribution in [0.2, 0.25) is 0 Å². The van der Waals surface area contributed by atoms with Gasteiger partial charge in [-0.15, -0.1) is 0 Å². The summed E-state index contributed by atoms with van der Waals surface area (Å²) in [6.45, 7) is 1.97. The van der Waals surface area contributed by atoms with Crippen LogP contribution in [0.15, 0.2) is 77.9 Å². The molecule has 0 spiro atoms. The Hall–Kier alpha value is -4.13. The topological polar surface area (TPSA) is 86.2 Å². The summed E-state index contributed by atoms with van der Waals surface area (Å²) in [4.78, 5) is 24.2. The molecule has 0 unspecified atom stereocenters. The fourth-order valence-corrected chi connectivity index (χ4v) is 2.98. The fourth-order valence-electron chi connectivity index (χ4n) is 2.98. The Labute approximate surface area is 193 Å². The Morgan fingerprint density at radius 2 is 1.73 bits per heavy atom. The van der Waals surface area contributed by atoms with Crippen molar-refractivity contribution >= 4 is 18.1 Å². The largest absolute Gasteiger partial charge is 0.493 e. The van der Waals surface area contributed by atoms with Gasteiger partial charge in [0.25, 0.3) is 5.91 Å². The lowest BCUT2D eigenvalue weighted by Crippen LogP contribution is -2.24. The molecule has 3 aromatic carbocycles. The van der Waals surface area contributed by atoms with Gasteiger partial charge in [0.1, 0.15) is 5.75 Å². The lowest BCUT2D eigenvalue weighted by molar-refractivity contribution is -0.123. The van der Waals surface area contributed by atoms with E-state index in [1.807, 2.05) is 30.3 Å². The van der Waals surface area contributed by atoms with E-state index in [0.717, 1.165) is 12.8 Å². The van der Waals surface area contributed by atoms with E-state index in [0.29, 0.717) is 22.6 Å². The van der Waals surface area contributed by atoms with Gasteiger partial charge in [-0.1, -0.05) is 43.7 Å². The first-order valence-electron chi connectivity index (χ1n) is 10.6. The third-order valence-corrected chi connectivity index (χ3v) is 4.63. The zero-order valence-electron chi connectivity index (χ0n) is 18.6. The average molecular weight is 447 g/mol. The molecule has 170 valence electrons. The van der Waals surface area contributed by atoms with E-state index < -0.39 is 5.97 Å². The lowest BCUT2D eigenvalue weighted by Gasteiger charge is -2.10. The molecule has 0 heterocycles. The van der Waals surface area contributed by atoms with Crippen LogP contribution in [0.25, 0.3) is 0 Å². The number of hydrogen-bond acceptors (Lipinski definition) is 6. The molecule has 0 bridgehead atoms. The molecule has 1 amide bonds. The number of esters is 1. The van der Waals surface area contributed by atoms with Gasteiger partial charge in [0.15, 0.2) is 18.1 Å². The second-order valence-electron chi connectivity index (χ2n) is 7.14. The van der Waals surface area contributed by atoms with E-state index in [2.05, 4.69) is 17.5 Å². The highest BCUT2D eigenvalue weighted by Gasteiger charge is 2.12. The summed E-state index contributed by atoms with van der Waals surface area (Å²) in [5.74, 6) is 0.404. The van der Waals surface area contributed by atoms with Crippen molar-refractivity contribution < 1.29 is 23.8 Å².